The highest BCUT2D eigenvalue weighted by molar-refractivity contribution is 4.74. The summed E-state index contributed by atoms with van der Waals surface area (Å²) in [4.78, 5) is 0. The normalized spacial score (nSPS) is 27.9. The molecule has 1 aliphatic carbocycles. The molecule has 0 aromatic carbocycles. The van der Waals surface area contributed by atoms with E-state index in [1.54, 1.807) is 0 Å². The highest BCUT2D eigenvalue weighted by Crippen LogP contribution is 2.33. The van der Waals surface area contributed by atoms with Gasteiger partial charge in [-0.1, -0.05) is 46.5 Å². The van der Waals surface area contributed by atoms with Gasteiger partial charge in [0.05, 0.1) is 0 Å². The smallest absolute Gasteiger partial charge is 0.00644 e. The molecule has 0 saturated heterocycles. The Morgan fingerprint density at radius 3 is 2.50 bits per heavy atom. The average Bonchev–Trinajstić information content (AvgIpc) is 2.34. The van der Waals surface area contributed by atoms with Crippen molar-refractivity contribution in [1.29, 1.82) is 0 Å². The summed E-state index contributed by atoms with van der Waals surface area (Å²) in [6.07, 6.45) is 11.5. The van der Waals surface area contributed by atoms with E-state index in [0.717, 1.165) is 24.4 Å². The third-order valence-corrected chi connectivity index (χ3v) is 4.38. The van der Waals surface area contributed by atoms with Crippen LogP contribution in [0.3, 0.4) is 0 Å². The molecule has 3 atom stereocenters. The second kappa shape index (κ2) is 8.11. The average molecular weight is 225 g/mol. The van der Waals surface area contributed by atoms with E-state index in [-0.39, 0.29) is 0 Å². The molecular weight excluding hydrogens is 194 g/mol. The highest BCUT2D eigenvalue weighted by Gasteiger charge is 2.21. The maximum atomic E-state index is 3.60. The van der Waals surface area contributed by atoms with Gasteiger partial charge in [-0.3, -0.25) is 0 Å². The van der Waals surface area contributed by atoms with Gasteiger partial charge in [0.2, 0.25) is 0 Å². The van der Waals surface area contributed by atoms with Gasteiger partial charge in [0, 0.05) is 6.04 Å². The third kappa shape index (κ3) is 4.86. The van der Waals surface area contributed by atoms with Gasteiger partial charge < -0.3 is 5.32 Å². The minimum absolute atomic E-state index is 0.770. The molecule has 0 amide bonds. The van der Waals surface area contributed by atoms with Crippen LogP contribution in [0.2, 0.25) is 0 Å². The Bertz CT molecular complexity index is 167. The Balaban J connectivity index is 2.20. The van der Waals surface area contributed by atoms with Crippen molar-refractivity contribution in [2.75, 3.05) is 6.54 Å². The van der Waals surface area contributed by atoms with Crippen molar-refractivity contribution in [3.05, 3.63) is 0 Å². The van der Waals surface area contributed by atoms with Crippen LogP contribution in [0.1, 0.15) is 72.1 Å². The molecule has 0 aliphatic heterocycles. The summed E-state index contributed by atoms with van der Waals surface area (Å²) in [5.41, 5.74) is 0. The summed E-state index contributed by atoms with van der Waals surface area (Å²) in [6.45, 7) is 8.01. The number of hydrogen-bond acceptors (Lipinski definition) is 1. The Labute approximate surface area is 102 Å². The van der Waals surface area contributed by atoms with Gasteiger partial charge in [-0.25, -0.2) is 0 Å². The van der Waals surface area contributed by atoms with Gasteiger partial charge in [0.15, 0.2) is 0 Å². The molecule has 0 radical (unpaired) electrons. The van der Waals surface area contributed by atoms with Gasteiger partial charge in [-0.05, 0) is 44.1 Å². The lowest BCUT2D eigenvalue weighted by Crippen LogP contribution is -2.29. The van der Waals surface area contributed by atoms with E-state index in [4.69, 9.17) is 0 Å². The summed E-state index contributed by atoms with van der Waals surface area (Å²) in [7, 11) is 0. The van der Waals surface area contributed by atoms with Crippen molar-refractivity contribution in [3.8, 4) is 0 Å². The fourth-order valence-electron chi connectivity index (χ4n) is 3.21. The van der Waals surface area contributed by atoms with E-state index in [1.807, 2.05) is 0 Å². The lowest BCUT2D eigenvalue weighted by molar-refractivity contribution is 0.238. The first kappa shape index (κ1) is 14.0. The first-order valence-corrected chi connectivity index (χ1v) is 7.53. The molecule has 3 unspecified atom stereocenters. The van der Waals surface area contributed by atoms with E-state index in [0.29, 0.717) is 0 Å². The standard InChI is InChI=1S/C15H31N/c1-4-13-8-7-9-14(12-13)10-11-15(5-2)16-6-3/h13-16H,4-12H2,1-3H3. The number of hydrogen-bond donors (Lipinski definition) is 1. The molecule has 1 nitrogen and oxygen atoms in total. The second-order valence-electron chi connectivity index (χ2n) is 5.55. The number of rotatable bonds is 7. The van der Waals surface area contributed by atoms with Gasteiger partial charge >= 0.3 is 0 Å². The lowest BCUT2D eigenvalue weighted by Gasteiger charge is -2.29. The molecule has 1 N–H and O–H groups in total. The first-order valence-electron chi connectivity index (χ1n) is 7.53. The van der Waals surface area contributed by atoms with Gasteiger partial charge in [0.25, 0.3) is 0 Å². The maximum Gasteiger partial charge on any atom is 0.00644 e. The predicted octanol–water partition coefficient (Wildman–Crippen LogP) is 4.37. The Morgan fingerprint density at radius 1 is 1.12 bits per heavy atom. The highest BCUT2D eigenvalue weighted by atomic mass is 14.9. The molecule has 0 spiro atoms. The fraction of sp³-hybridized carbons (Fsp3) is 1.00. The van der Waals surface area contributed by atoms with Crippen molar-refractivity contribution in [3.63, 3.8) is 0 Å². The molecule has 0 bridgehead atoms. The van der Waals surface area contributed by atoms with Gasteiger partial charge in [0.1, 0.15) is 0 Å². The molecule has 16 heavy (non-hydrogen) atoms. The predicted molar refractivity (Wildman–Crippen MR) is 72.7 cm³/mol. The molecule has 0 aromatic rings. The van der Waals surface area contributed by atoms with Crippen LogP contribution in [0.15, 0.2) is 0 Å². The summed E-state index contributed by atoms with van der Waals surface area (Å²) in [6, 6.07) is 0.770. The molecule has 1 rings (SSSR count). The molecule has 0 heterocycles. The first-order chi connectivity index (χ1) is 7.80. The molecular formula is C15H31N. The van der Waals surface area contributed by atoms with Crippen molar-refractivity contribution in [2.24, 2.45) is 11.8 Å². The summed E-state index contributed by atoms with van der Waals surface area (Å²) in [5.74, 6) is 2.07. The van der Waals surface area contributed by atoms with E-state index in [2.05, 4.69) is 26.1 Å². The maximum absolute atomic E-state index is 3.60. The van der Waals surface area contributed by atoms with Crippen LogP contribution in [0.5, 0.6) is 0 Å². The van der Waals surface area contributed by atoms with E-state index >= 15 is 0 Å². The van der Waals surface area contributed by atoms with Crippen LogP contribution in [0, 0.1) is 11.8 Å². The molecule has 0 aromatic heterocycles. The SMILES string of the molecule is CCNC(CC)CCC1CCCC(CC)C1. The van der Waals surface area contributed by atoms with E-state index in [9.17, 15) is 0 Å². The van der Waals surface area contributed by atoms with Crippen LogP contribution in [0.4, 0.5) is 0 Å². The molecule has 96 valence electrons. The molecule has 1 saturated carbocycles. The number of nitrogens with one attached hydrogen (secondary N) is 1. The van der Waals surface area contributed by atoms with Crippen LogP contribution in [-0.4, -0.2) is 12.6 Å². The van der Waals surface area contributed by atoms with E-state index < -0.39 is 0 Å². The molecule has 1 fully saturated rings. The summed E-state index contributed by atoms with van der Waals surface area (Å²) < 4.78 is 0. The van der Waals surface area contributed by atoms with Crippen molar-refractivity contribution >= 4 is 0 Å². The Hall–Kier alpha value is -0.0400. The third-order valence-electron chi connectivity index (χ3n) is 4.38. The zero-order valence-electron chi connectivity index (χ0n) is 11.6. The topological polar surface area (TPSA) is 12.0 Å². The van der Waals surface area contributed by atoms with Crippen LogP contribution < -0.4 is 5.32 Å². The van der Waals surface area contributed by atoms with Crippen molar-refractivity contribution in [1.82, 2.24) is 5.32 Å². The summed E-state index contributed by atoms with van der Waals surface area (Å²) >= 11 is 0. The second-order valence-corrected chi connectivity index (χ2v) is 5.55. The fourth-order valence-corrected chi connectivity index (χ4v) is 3.21. The van der Waals surface area contributed by atoms with Crippen LogP contribution in [-0.2, 0) is 0 Å². The van der Waals surface area contributed by atoms with Crippen LogP contribution >= 0.6 is 0 Å². The minimum atomic E-state index is 0.770. The van der Waals surface area contributed by atoms with Crippen molar-refractivity contribution < 1.29 is 0 Å². The van der Waals surface area contributed by atoms with Gasteiger partial charge in [-0.15, -0.1) is 0 Å². The van der Waals surface area contributed by atoms with Gasteiger partial charge in [-0.2, -0.15) is 0 Å². The van der Waals surface area contributed by atoms with E-state index in [1.165, 1.54) is 51.4 Å². The zero-order valence-corrected chi connectivity index (χ0v) is 11.6. The minimum Gasteiger partial charge on any atom is -0.314 e. The molecule has 1 heteroatoms. The lowest BCUT2D eigenvalue weighted by atomic mass is 9.78. The Morgan fingerprint density at radius 2 is 1.88 bits per heavy atom. The largest absolute Gasteiger partial charge is 0.314 e. The zero-order chi connectivity index (χ0) is 11.8. The molecule has 1 aliphatic rings. The quantitative estimate of drug-likeness (QED) is 0.678. The summed E-state index contributed by atoms with van der Waals surface area (Å²) in [5, 5.41) is 3.60. The monoisotopic (exact) mass is 225 g/mol. The van der Waals surface area contributed by atoms with Crippen molar-refractivity contribution in [2.45, 2.75) is 78.2 Å². The Kier molecular flexibility index (Phi) is 7.11. The van der Waals surface area contributed by atoms with Crippen LogP contribution in [0.25, 0.3) is 0 Å².